The van der Waals surface area contributed by atoms with Crippen LogP contribution in [0.15, 0.2) is 18.2 Å². The first-order valence-corrected chi connectivity index (χ1v) is 7.64. The minimum absolute atomic E-state index is 0.0119. The number of sulfone groups is 1. The summed E-state index contributed by atoms with van der Waals surface area (Å²) in [4.78, 5) is 0. The molecule has 0 unspecified atom stereocenters. The Kier molecular flexibility index (Phi) is 5.43. The molecule has 0 spiro atoms. The van der Waals surface area contributed by atoms with E-state index in [1.165, 1.54) is 6.26 Å². The molecule has 0 heterocycles. The van der Waals surface area contributed by atoms with Gasteiger partial charge in [-0.15, -0.1) is 0 Å². The summed E-state index contributed by atoms with van der Waals surface area (Å²) in [6.07, 6.45) is 1.19. The maximum Gasteiger partial charge on any atom is 0.150 e. The van der Waals surface area contributed by atoms with E-state index in [1.807, 2.05) is 13.1 Å². The molecule has 0 bridgehead atoms. The van der Waals surface area contributed by atoms with E-state index in [4.69, 9.17) is 9.47 Å². The Balaban J connectivity index is 2.74. The van der Waals surface area contributed by atoms with Crippen LogP contribution >= 0.6 is 0 Å². The Bertz CT molecular complexity index is 485. The number of ether oxygens (including phenoxy) is 2. The maximum absolute atomic E-state index is 11.0. The first kappa shape index (κ1) is 14.8. The summed E-state index contributed by atoms with van der Waals surface area (Å²) in [7, 11) is 0.435. The van der Waals surface area contributed by atoms with Crippen LogP contribution in [-0.4, -0.2) is 41.2 Å². The minimum Gasteiger partial charge on any atom is -0.497 e. The van der Waals surface area contributed by atoms with E-state index in [1.54, 1.807) is 19.2 Å². The Morgan fingerprint density at radius 1 is 1.33 bits per heavy atom. The van der Waals surface area contributed by atoms with Crippen LogP contribution in [0.5, 0.6) is 11.5 Å². The fraction of sp³-hybridized carbons (Fsp3) is 0.500. The number of benzene rings is 1. The third kappa shape index (κ3) is 4.93. The number of hydrogen-bond acceptors (Lipinski definition) is 5. The molecule has 0 amide bonds. The summed E-state index contributed by atoms with van der Waals surface area (Å²) < 4.78 is 32.7. The topological polar surface area (TPSA) is 64.6 Å². The van der Waals surface area contributed by atoms with Gasteiger partial charge in [-0.3, -0.25) is 0 Å². The third-order valence-corrected chi connectivity index (χ3v) is 3.25. The van der Waals surface area contributed by atoms with Crippen molar-refractivity contribution in [3.63, 3.8) is 0 Å². The van der Waals surface area contributed by atoms with Gasteiger partial charge in [0.15, 0.2) is 9.84 Å². The molecule has 1 aromatic rings. The molecule has 1 rings (SSSR count). The fourth-order valence-corrected chi connectivity index (χ4v) is 1.84. The average Bonchev–Trinajstić information content (AvgIpc) is 2.29. The SMILES string of the molecule is CNCc1cc(OC)ccc1OCCS(C)(=O)=O. The Morgan fingerprint density at radius 3 is 2.61 bits per heavy atom. The van der Waals surface area contributed by atoms with Crippen molar-refractivity contribution in [2.45, 2.75) is 6.54 Å². The molecule has 102 valence electrons. The van der Waals surface area contributed by atoms with Gasteiger partial charge >= 0.3 is 0 Å². The predicted molar refractivity (Wildman–Crippen MR) is 71.0 cm³/mol. The van der Waals surface area contributed by atoms with Gasteiger partial charge < -0.3 is 14.8 Å². The average molecular weight is 273 g/mol. The first-order chi connectivity index (χ1) is 8.46. The van der Waals surface area contributed by atoms with Crippen molar-refractivity contribution in [3.05, 3.63) is 23.8 Å². The van der Waals surface area contributed by atoms with Crippen molar-refractivity contribution in [3.8, 4) is 11.5 Å². The van der Waals surface area contributed by atoms with E-state index in [9.17, 15) is 8.42 Å². The van der Waals surface area contributed by atoms with Gasteiger partial charge in [0.1, 0.15) is 18.1 Å². The van der Waals surface area contributed by atoms with E-state index in [0.717, 1.165) is 11.3 Å². The van der Waals surface area contributed by atoms with Gasteiger partial charge in [-0.25, -0.2) is 8.42 Å². The molecule has 6 heteroatoms. The van der Waals surface area contributed by atoms with E-state index >= 15 is 0 Å². The standard InChI is InChI=1S/C12H19NO4S/c1-13-9-10-8-11(16-2)4-5-12(10)17-6-7-18(3,14)15/h4-5,8,13H,6-7,9H2,1-3H3. The van der Waals surface area contributed by atoms with Gasteiger partial charge in [-0.1, -0.05) is 0 Å². The smallest absolute Gasteiger partial charge is 0.150 e. The Labute approximate surface area is 108 Å². The molecule has 0 aliphatic carbocycles. The van der Waals surface area contributed by atoms with Crippen molar-refractivity contribution in [1.29, 1.82) is 0 Å². The quantitative estimate of drug-likeness (QED) is 0.797. The summed E-state index contributed by atoms with van der Waals surface area (Å²) in [5.74, 6) is 1.43. The van der Waals surface area contributed by atoms with Crippen LogP contribution in [-0.2, 0) is 16.4 Å². The molecular weight excluding hydrogens is 254 g/mol. The van der Waals surface area contributed by atoms with Gasteiger partial charge in [0, 0.05) is 18.4 Å². The van der Waals surface area contributed by atoms with Crippen LogP contribution in [0, 0.1) is 0 Å². The molecule has 0 aliphatic rings. The van der Waals surface area contributed by atoms with Gasteiger partial charge in [0.05, 0.1) is 12.9 Å². The second-order valence-electron chi connectivity index (χ2n) is 3.98. The highest BCUT2D eigenvalue weighted by molar-refractivity contribution is 7.90. The zero-order chi connectivity index (χ0) is 13.6. The second-order valence-corrected chi connectivity index (χ2v) is 6.24. The Hall–Kier alpha value is -1.27. The third-order valence-electron chi connectivity index (χ3n) is 2.35. The minimum atomic E-state index is -3.00. The van der Waals surface area contributed by atoms with Crippen molar-refractivity contribution in [2.75, 3.05) is 32.8 Å². The monoisotopic (exact) mass is 273 g/mol. The van der Waals surface area contributed by atoms with Gasteiger partial charge in [-0.2, -0.15) is 0 Å². The summed E-state index contributed by atoms with van der Waals surface area (Å²) in [6, 6.07) is 5.44. The van der Waals surface area contributed by atoms with Crippen molar-refractivity contribution < 1.29 is 17.9 Å². The van der Waals surface area contributed by atoms with E-state index in [2.05, 4.69) is 5.32 Å². The summed E-state index contributed by atoms with van der Waals surface area (Å²) in [5.41, 5.74) is 0.936. The number of methoxy groups -OCH3 is 1. The maximum atomic E-state index is 11.0. The molecule has 0 radical (unpaired) electrons. The lowest BCUT2D eigenvalue weighted by Gasteiger charge is -2.12. The molecule has 1 aromatic carbocycles. The van der Waals surface area contributed by atoms with Crippen LogP contribution in [0.2, 0.25) is 0 Å². The molecule has 0 aliphatic heterocycles. The zero-order valence-corrected chi connectivity index (χ0v) is 11.7. The molecule has 5 nitrogen and oxygen atoms in total. The molecule has 0 atom stereocenters. The summed E-state index contributed by atoms with van der Waals surface area (Å²) >= 11 is 0. The molecule has 0 fully saturated rings. The van der Waals surface area contributed by atoms with Crippen LogP contribution in [0.3, 0.4) is 0 Å². The van der Waals surface area contributed by atoms with Crippen molar-refractivity contribution in [1.82, 2.24) is 5.32 Å². The van der Waals surface area contributed by atoms with E-state index in [-0.39, 0.29) is 12.4 Å². The molecule has 0 aromatic heterocycles. The van der Waals surface area contributed by atoms with E-state index in [0.29, 0.717) is 12.3 Å². The van der Waals surface area contributed by atoms with Crippen molar-refractivity contribution >= 4 is 9.84 Å². The second kappa shape index (κ2) is 6.61. The van der Waals surface area contributed by atoms with Crippen LogP contribution in [0.25, 0.3) is 0 Å². The zero-order valence-electron chi connectivity index (χ0n) is 10.9. The normalized spacial score (nSPS) is 11.3. The molecule has 0 saturated heterocycles. The summed E-state index contributed by atoms with van der Waals surface area (Å²) in [5, 5.41) is 3.03. The highest BCUT2D eigenvalue weighted by Gasteiger charge is 2.07. The number of rotatable bonds is 7. The van der Waals surface area contributed by atoms with E-state index < -0.39 is 9.84 Å². The van der Waals surface area contributed by atoms with Gasteiger partial charge in [0.2, 0.25) is 0 Å². The van der Waals surface area contributed by atoms with Crippen molar-refractivity contribution in [2.24, 2.45) is 0 Å². The number of nitrogens with one attached hydrogen (secondary N) is 1. The Morgan fingerprint density at radius 2 is 2.06 bits per heavy atom. The lowest BCUT2D eigenvalue weighted by atomic mass is 10.2. The molecule has 1 N–H and O–H groups in total. The lowest BCUT2D eigenvalue weighted by Crippen LogP contribution is -2.14. The van der Waals surface area contributed by atoms with Gasteiger partial charge in [-0.05, 0) is 25.2 Å². The highest BCUT2D eigenvalue weighted by Crippen LogP contribution is 2.24. The lowest BCUT2D eigenvalue weighted by molar-refractivity contribution is 0.335. The predicted octanol–water partition coefficient (Wildman–Crippen LogP) is 0.838. The molecule has 18 heavy (non-hydrogen) atoms. The fourth-order valence-electron chi connectivity index (χ4n) is 1.46. The summed E-state index contributed by atoms with van der Waals surface area (Å²) in [6.45, 7) is 0.785. The largest absolute Gasteiger partial charge is 0.497 e. The first-order valence-electron chi connectivity index (χ1n) is 5.58. The van der Waals surface area contributed by atoms with Gasteiger partial charge in [0.25, 0.3) is 0 Å². The van der Waals surface area contributed by atoms with Crippen LogP contribution in [0.1, 0.15) is 5.56 Å². The van der Waals surface area contributed by atoms with Crippen LogP contribution < -0.4 is 14.8 Å². The highest BCUT2D eigenvalue weighted by atomic mass is 32.2. The number of hydrogen-bond donors (Lipinski definition) is 1. The molecular formula is C12H19NO4S. The molecule has 0 saturated carbocycles. The van der Waals surface area contributed by atoms with Crippen LogP contribution in [0.4, 0.5) is 0 Å².